The second-order valence-corrected chi connectivity index (χ2v) is 5.32. The number of hydrogen-bond acceptors (Lipinski definition) is 5. The van der Waals surface area contributed by atoms with E-state index >= 15 is 0 Å². The van der Waals surface area contributed by atoms with Gasteiger partial charge in [0, 0.05) is 19.2 Å². The van der Waals surface area contributed by atoms with Gasteiger partial charge in [-0.05, 0) is 36.8 Å². The number of aliphatic imine (C=N–C) groups is 1. The van der Waals surface area contributed by atoms with E-state index in [1.807, 2.05) is 19.1 Å². The summed E-state index contributed by atoms with van der Waals surface area (Å²) in [4.78, 5) is 4.43. The Labute approximate surface area is 147 Å². The molecule has 7 nitrogen and oxygen atoms in total. The van der Waals surface area contributed by atoms with Gasteiger partial charge in [-0.25, -0.2) is 4.99 Å². The lowest BCUT2D eigenvalue weighted by molar-refractivity contribution is 0.180. The fourth-order valence-corrected chi connectivity index (χ4v) is 2.23. The maximum atomic E-state index is 10.5. The summed E-state index contributed by atoms with van der Waals surface area (Å²) in [5.74, 6) is 2.64. The van der Waals surface area contributed by atoms with Crippen LogP contribution in [0.15, 0.2) is 46.0 Å². The van der Waals surface area contributed by atoms with Crippen LogP contribution in [0.25, 0.3) is 0 Å². The highest BCUT2D eigenvalue weighted by Gasteiger charge is 2.12. The Bertz CT molecular complexity index is 649. The third-order valence-electron chi connectivity index (χ3n) is 3.54. The molecular formula is C18H25N3O4. The summed E-state index contributed by atoms with van der Waals surface area (Å²) in [5, 5.41) is 16.7. The monoisotopic (exact) mass is 347 g/mol. The SMILES string of the molecule is CCNC(=NCc1ccco1)NCC(O)c1cc(OC)cc(OC)c1. The standard InChI is InChI=1S/C18H25N3O4/c1-4-19-18(20-11-14-6-5-7-25-14)21-12-17(22)13-8-15(23-2)10-16(9-13)24-3/h5-10,17,22H,4,11-12H2,1-3H3,(H2,19,20,21). The molecule has 0 bridgehead atoms. The van der Waals surface area contributed by atoms with Crippen LogP contribution in [0.3, 0.4) is 0 Å². The van der Waals surface area contributed by atoms with Crippen molar-refractivity contribution < 1.29 is 19.0 Å². The highest BCUT2D eigenvalue weighted by atomic mass is 16.5. The molecule has 0 radical (unpaired) electrons. The third kappa shape index (κ3) is 5.72. The van der Waals surface area contributed by atoms with E-state index in [0.717, 1.165) is 5.76 Å². The van der Waals surface area contributed by atoms with Gasteiger partial charge >= 0.3 is 0 Å². The maximum absolute atomic E-state index is 10.5. The van der Waals surface area contributed by atoms with Gasteiger partial charge in [-0.2, -0.15) is 0 Å². The van der Waals surface area contributed by atoms with Crippen molar-refractivity contribution in [2.45, 2.75) is 19.6 Å². The summed E-state index contributed by atoms with van der Waals surface area (Å²) in [6.45, 7) is 3.41. The number of guanidine groups is 1. The summed E-state index contributed by atoms with van der Waals surface area (Å²) in [7, 11) is 3.15. The molecule has 7 heteroatoms. The van der Waals surface area contributed by atoms with Crippen molar-refractivity contribution >= 4 is 5.96 Å². The zero-order chi connectivity index (χ0) is 18.1. The fraction of sp³-hybridized carbons (Fsp3) is 0.389. The molecule has 0 saturated carbocycles. The molecule has 2 aromatic rings. The van der Waals surface area contributed by atoms with E-state index in [4.69, 9.17) is 13.9 Å². The molecule has 2 rings (SSSR count). The van der Waals surface area contributed by atoms with Crippen LogP contribution in [-0.2, 0) is 6.54 Å². The number of nitrogens with one attached hydrogen (secondary N) is 2. The normalized spacial score (nSPS) is 12.6. The molecule has 0 aliphatic heterocycles. The van der Waals surface area contributed by atoms with Gasteiger partial charge in [-0.3, -0.25) is 0 Å². The zero-order valence-electron chi connectivity index (χ0n) is 14.8. The van der Waals surface area contributed by atoms with Gasteiger partial charge < -0.3 is 29.6 Å². The van der Waals surface area contributed by atoms with Crippen molar-refractivity contribution in [2.24, 2.45) is 4.99 Å². The van der Waals surface area contributed by atoms with E-state index in [9.17, 15) is 5.11 Å². The number of nitrogens with zero attached hydrogens (tertiary/aromatic N) is 1. The second-order valence-electron chi connectivity index (χ2n) is 5.32. The van der Waals surface area contributed by atoms with Gasteiger partial charge in [0.05, 0.1) is 26.6 Å². The van der Waals surface area contributed by atoms with Crippen molar-refractivity contribution in [3.05, 3.63) is 47.9 Å². The summed E-state index contributed by atoms with van der Waals surface area (Å²) < 4.78 is 15.7. The van der Waals surface area contributed by atoms with Crippen molar-refractivity contribution in [3.8, 4) is 11.5 Å². The Hall–Kier alpha value is -2.67. The second kappa shape index (κ2) is 9.58. The van der Waals surface area contributed by atoms with Crippen LogP contribution in [-0.4, -0.2) is 38.4 Å². The lowest BCUT2D eigenvalue weighted by Crippen LogP contribution is -2.39. The third-order valence-corrected chi connectivity index (χ3v) is 3.54. The topological polar surface area (TPSA) is 88.3 Å². The number of methoxy groups -OCH3 is 2. The molecule has 1 aromatic heterocycles. The summed E-state index contributed by atoms with van der Waals surface area (Å²) >= 11 is 0. The first-order chi connectivity index (χ1) is 12.2. The number of aliphatic hydroxyl groups excluding tert-OH is 1. The zero-order valence-corrected chi connectivity index (χ0v) is 14.8. The Morgan fingerprint density at radius 1 is 1.20 bits per heavy atom. The molecule has 1 atom stereocenters. The molecule has 0 aliphatic carbocycles. The van der Waals surface area contributed by atoms with Gasteiger partial charge in [-0.15, -0.1) is 0 Å². The van der Waals surface area contributed by atoms with Gasteiger partial charge in [0.15, 0.2) is 5.96 Å². The van der Waals surface area contributed by atoms with E-state index < -0.39 is 6.10 Å². The number of aliphatic hydroxyl groups is 1. The summed E-state index contributed by atoms with van der Waals surface area (Å²) in [5.41, 5.74) is 0.700. The van der Waals surface area contributed by atoms with Crippen molar-refractivity contribution in [1.29, 1.82) is 0 Å². The van der Waals surface area contributed by atoms with Crippen LogP contribution >= 0.6 is 0 Å². The molecule has 0 fully saturated rings. The lowest BCUT2D eigenvalue weighted by Gasteiger charge is -2.17. The first-order valence-corrected chi connectivity index (χ1v) is 8.11. The molecule has 136 valence electrons. The lowest BCUT2D eigenvalue weighted by atomic mass is 10.1. The van der Waals surface area contributed by atoms with E-state index in [-0.39, 0.29) is 0 Å². The molecule has 0 spiro atoms. The highest BCUT2D eigenvalue weighted by molar-refractivity contribution is 5.79. The van der Waals surface area contributed by atoms with Crippen molar-refractivity contribution in [3.63, 3.8) is 0 Å². The smallest absolute Gasteiger partial charge is 0.191 e. The molecule has 0 amide bonds. The quantitative estimate of drug-likeness (QED) is 0.501. The first-order valence-electron chi connectivity index (χ1n) is 8.11. The van der Waals surface area contributed by atoms with Crippen LogP contribution < -0.4 is 20.1 Å². The fourth-order valence-electron chi connectivity index (χ4n) is 2.23. The van der Waals surface area contributed by atoms with Crippen LogP contribution in [0.1, 0.15) is 24.4 Å². The molecule has 1 unspecified atom stereocenters. The first kappa shape index (κ1) is 18.7. The van der Waals surface area contributed by atoms with E-state index in [2.05, 4.69) is 15.6 Å². The Morgan fingerprint density at radius 2 is 1.92 bits per heavy atom. The molecule has 1 heterocycles. The van der Waals surface area contributed by atoms with Crippen LogP contribution in [0.5, 0.6) is 11.5 Å². The van der Waals surface area contributed by atoms with E-state index in [0.29, 0.717) is 42.7 Å². The van der Waals surface area contributed by atoms with E-state index in [1.54, 1.807) is 38.7 Å². The number of ether oxygens (including phenoxy) is 2. The van der Waals surface area contributed by atoms with Crippen molar-refractivity contribution in [1.82, 2.24) is 10.6 Å². The summed E-state index contributed by atoms with van der Waals surface area (Å²) in [6, 6.07) is 9.01. The Morgan fingerprint density at radius 3 is 2.48 bits per heavy atom. The minimum Gasteiger partial charge on any atom is -0.497 e. The Balaban J connectivity index is 2.00. The van der Waals surface area contributed by atoms with Crippen LogP contribution in [0.2, 0.25) is 0 Å². The summed E-state index contributed by atoms with van der Waals surface area (Å²) in [6.07, 6.45) is 0.877. The van der Waals surface area contributed by atoms with Crippen LogP contribution in [0.4, 0.5) is 0 Å². The number of furan rings is 1. The number of hydrogen-bond donors (Lipinski definition) is 3. The molecule has 25 heavy (non-hydrogen) atoms. The Kier molecular flexibility index (Phi) is 7.16. The predicted octanol–water partition coefficient (Wildman–Crippen LogP) is 2.09. The molecule has 3 N–H and O–H groups in total. The predicted molar refractivity (Wildman–Crippen MR) is 96.0 cm³/mol. The average molecular weight is 347 g/mol. The molecular weight excluding hydrogens is 322 g/mol. The van der Waals surface area contributed by atoms with Gasteiger partial charge in [-0.1, -0.05) is 0 Å². The molecule has 0 saturated heterocycles. The minimum atomic E-state index is -0.739. The van der Waals surface area contributed by atoms with Gasteiger partial charge in [0.1, 0.15) is 23.8 Å². The van der Waals surface area contributed by atoms with Gasteiger partial charge in [0.2, 0.25) is 0 Å². The molecule has 0 aliphatic rings. The highest BCUT2D eigenvalue weighted by Crippen LogP contribution is 2.26. The van der Waals surface area contributed by atoms with Crippen molar-refractivity contribution in [2.75, 3.05) is 27.3 Å². The number of benzene rings is 1. The minimum absolute atomic E-state index is 0.292. The largest absolute Gasteiger partial charge is 0.497 e. The maximum Gasteiger partial charge on any atom is 0.191 e. The van der Waals surface area contributed by atoms with Crippen LogP contribution in [0, 0.1) is 0 Å². The van der Waals surface area contributed by atoms with Gasteiger partial charge in [0.25, 0.3) is 0 Å². The molecule has 1 aromatic carbocycles. The van der Waals surface area contributed by atoms with E-state index in [1.165, 1.54) is 0 Å². The number of rotatable bonds is 8. The average Bonchev–Trinajstić information content (AvgIpc) is 3.16.